The number of carbonyl (C=O) groups is 2. The van der Waals surface area contributed by atoms with Crippen molar-refractivity contribution in [3.05, 3.63) is 24.3 Å². The Morgan fingerprint density at radius 3 is 2.24 bits per heavy atom. The first-order valence-corrected chi connectivity index (χ1v) is 11.3. The van der Waals surface area contributed by atoms with Crippen LogP contribution in [0.5, 0.6) is 0 Å². The van der Waals surface area contributed by atoms with Gasteiger partial charge in [0.1, 0.15) is 0 Å². The van der Waals surface area contributed by atoms with E-state index in [4.69, 9.17) is 4.74 Å². The molecule has 0 saturated carbocycles. The van der Waals surface area contributed by atoms with Gasteiger partial charge in [-0.2, -0.15) is 0 Å². The van der Waals surface area contributed by atoms with Gasteiger partial charge in [0.05, 0.1) is 11.5 Å². The number of anilines is 1. The van der Waals surface area contributed by atoms with Gasteiger partial charge in [-0.25, -0.2) is 13.1 Å². The zero-order chi connectivity index (χ0) is 21.6. The predicted molar refractivity (Wildman–Crippen MR) is 111 cm³/mol. The van der Waals surface area contributed by atoms with Gasteiger partial charge in [-0.05, 0) is 44.0 Å². The molecule has 0 radical (unpaired) electrons. The quantitative estimate of drug-likeness (QED) is 0.661. The summed E-state index contributed by atoms with van der Waals surface area (Å²) in [5.41, 5.74) is 0.541. The maximum atomic E-state index is 12.5. The molecule has 1 aliphatic heterocycles. The predicted octanol–water partition coefficient (Wildman–Crippen LogP) is 1.83. The van der Waals surface area contributed by atoms with Crippen LogP contribution < -0.4 is 10.0 Å². The van der Waals surface area contributed by atoms with Crippen molar-refractivity contribution in [3.8, 4) is 0 Å². The van der Waals surface area contributed by atoms with E-state index in [2.05, 4.69) is 10.0 Å². The Bertz CT molecular complexity index is 800. The van der Waals surface area contributed by atoms with Gasteiger partial charge in [0.25, 0.3) is 0 Å². The molecule has 0 spiro atoms. The van der Waals surface area contributed by atoms with Crippen molar-refractivity contribution < 1.29 is 22.7 Å². The van der Waals surface area contributed by atoms with E-state index < -0.39 is 10.0 Å². The number of nitrogens with zero attached hydrogens (tertiary/aromatic N) is 1. The molecule has 162 valence electrons. The lowest BCUT2D eigenvalue weighted by molar-refractivity contribution is -0.137. The maximum Gasteiger partial charge on any atom is 0.240 e. The van der Waals surface area contributed by atoms with E-state index in [1.54, 1.807) is 19.1 Å². The van der Waals surface area contributed by atoms with Crippen molar-refractivity contribution in [2.75, 3.05) is 32.1 Å². The number of piperidine rings is 1. The highest BCUT2D eigenvalue weighted by Crippen LogP contribution is 2.21. The van der Waals surface area contributed by atoms with Gasteiger partial charge in [0.2, 0.25) is 21.8 Å². The van der Waals surface area contributed by atoms with Crippen molar-refractivity contribution in [1.82, 2.24) is 9.62 Å². The van der Waals surface area contributed by atoms with Gasteiger partial charge >= 0.3 is 0 Å². The first-order chi connectivity index (χ1) is 13.6. The second kappa shape index (κ2) is 10.2. The minimum Gasteiger partial charge on any atom is -0.383 e. The Morgan fingerprint density at radius 2 is 1.72 bits per heavy atom. The molecule has 9 heteroatoms. The molecule has 8 nitrogen and oxygen atoms in total. The average molecular weight is 426 g/mol. The molecule has 2 amide bonds. The van der Waals surface area contributed by atoms with Gasteiger partial charge in [-0.1, -0.05) is 13.8 Å². The van der Waals surface area contributed by atoms with Crippen LogP contribution >= 0.6 is 0 Å². The second-order valence-corrected chi connectivity index (χ2v) is 9.46. The molecule has 1 aromatic rings. The molecule has 1 saturated heterocycles. The third-order valence-corrected chi connectivity index (χ3v) is 6.48. The Morgan fingerprint density at radius 1 is 1.14 bits per heavy atom. The van der Waals surface area contributed by atoms with Crippen molar-refractivity contribution in [2.24, 2.45) is 11.8 Å². The van der Waals surface area contributed by atoms with E-state index in [1.165, 1.54) is 19.2 Å². The van der Waals surface area contributed by atoms with Crippen LogP contribution in [0.15, 0.2) is 29.2 Å². The van der Waals surface area contributed by atoms with E-state index >= 15 is 0 Å². The summed E-state index contributed by atoms with van der Waals surface area (Å²) in [5.74, 6) is -0.188. The Labute approximate surface area is 173 Å². The van der Waals surface area contributed by atoms with Crippen LogP contribution in [-0.2, 0) is 24.3 Å². The molecular formula is C20H31N3O5S. The highest BCUT2D eigenvalue weighted by atomic mass is 32.2. The van der Waals surface area contributed by atoms with Gasteiger partial charge in [0, 0.05) is 43.8 Å². The summed E-state index contributed by atoms with van der Waals surface area (Å²) in [6.45, 7) is 6.90. The topological polar surface area (TPSA) is 105 Å². The molecule has 1 heterocycles. The number of nitrogens with one attached hydrogen (secondary N) is 2. The summed E-state index contributed by atoms with van der Waals surface area (Å²) < 4.78 is 32.2. The molecule has 0 bridgehead atoms. The van der Waals surface area contributed by atoms with Crippen LogP contribution in [0, 0.1) is 11.8 Å². The van der Waals surface area contributed by atoms with Crippen LogP contribution in [0.3, 0.4) is 0 Å². The number of amides is 2. The molecule has 2 N–H and O–H groups in total. The van der Waals surface area contributed by atoms with Gasteiger partial charge in [0.15, 0.2) is 0 Å². The summed E-state index contributed by atoms with van der Waals surface area (Å²) in [6.07, 6.45) is 1.25. The zero-order valence-corrected chi connectivity index (χ0v) is 18.3. The monoisotopic (exact) mass is 425 g/mol. The lowest BCUT2D eigenvalue weighted by Crippen LogP contribution is -2.43. The number of benzene rings is 1. The normalized spacial score (nSPS) is 16.7. The Hall–Kier alpha value is -1.97. The maximum absolute atomic E-state index is 12.5. The fourth-order valence-electron chi connectivity index (χ4n) is 3.31. The molecule has 0 unspecified atom stereocenters. The van der Waals surface area contributed by atoms with Crippen LogP contribution in [0.25, 0.3) is 0 Å². The van der Waals surface area contributed by atoms with Crippen molar-refractivity contribution in [1.29, 1.82) is 0 Å². The summed E-state index contributed by atoms with van der Waals surface area (Å²) in [5, 5.41) is 2.84. The SMILES string of the molecule is COC[C@H](C)NS(=O)(=O)c1ccc(NC(=O)C2CCN(C(=O)C(C)C)CC2)cc1. The van der Waals surface area contributed by atoms with Gasteiger partial charge < -0.3 is 15.0 Å². The molecule has 1 aliphatic rings. The summed E-state index contributed by atoms with van der Waals surface area (Å²) in [7, 11) is -2.14. The molecule has 29 heavy (non-hydrogen) atoms. The van der Waals surface area contributed by atoms with Gasteiger partial charge in [-0.15, -0.1) is 0 Å². The Balaban J connectivity index is 1.91. The minimum absolute atomic E-state index is 0.0397. The molecule has 2 rings (SSSR count). The summed E-state index contributed by atoms with van der Waals surface area (Å²) in [4.78, 5) is 26.5. The van der Waals surface area contributed by atoms with Crippen LogP contribution in [0.4, 0.5) is 5.69 Å². The van der Waals surface area contributed by atoms with Gasteiger partial charge in [-0.3, -0.25) is 9.59 Å². The minimum atomic E-state index is -3.65. The highest BCUT2D eigenvalue weighted by Gasteiger charge is 2.28. The van der Waals surface area contributed by atoms with Crippen molar-refractivity contribution in [2.45, 2.75) is 44.6 Å². The average Bonchev–Trinajstić information content (AvgIpc) is 2.67. The van der Waals surface area contributed by atoms with Crippen molar-refractivity contribution in [3.63, 3.8) is 0 Å². The lowest BCUT2D eigenvalue weighted by atomic mass is 9.95. The standard InChI is InChI=1S/C20H31N3O5S/c1-14(2)20(25)23-11-9-16(10-12-23)19(24)21-17-5-7-18(8-6-17)29(26,27)22-15(3)13-28-4/h5-8,14-16,22H,9-13H2,1-4H3,(H,21,24)/t15-/m0/s1. The number of rotatable bonds is 8. The van der Waals surface area contributed by atoms with E-state index in [0.29, 0.717) is 31.6 Å². The number of sulfonamides is 1. The van der Waals surface area contributed by atoms with Crippen LogP contribution in [0.1, 0.15) is 33.6 Å². The number of hydrogen-bond donors (Lipinski definition) is 2. The lowest BCUT2D eigenvalue weighted by Gasteiger charge is -2.32. The third kappa shape index (κ3) is 6.52. The smallest absolute Gasteiger partial charge is 0.240 e. The molecule has 1 aromatic carbocycles. The zero-order valence-electron chi connectivity index (χ0n) is 17.5. The fraction of sp³-hybridized carbons (Fsp3) is 0.600. The van der Waals surface area contributed by atoms with Crippen LogP contribution in [-0.4, -0.2) is 58.0 Å². The highest BCUT2D eigenvalue weighted by molar-refractivity contribution is 7.89. The van der Waals surface area contributed by atoms with Crippen molar-refractivity contribution >= 4 is 27.5 Å². The van der Waals surface area contributed by atoms with E-state index in [1.807, 2.05) is 18.7 Å². The molecular weight excluding hydrogens is 394 g/mol. The number of hydrogen-bond acceptors (Lipinski definition) is 5. The third-order valence-electron chi connectivity index (χ3n) is 4.88. The summed E-state index contributed by atoms with van der Waals surface area (Å²) >= 11 is 0. The number of methoxy groups -OCH3 is 1. The number of carbonyl (C=O) groups excluding carboxylic acids is 2. The first kappa shape index (κ1) is 23.3. The van der Waals surface area contributed by atoms with E-state index in [9.17, 15) is 18.0 Å². The number of likely N-dealkylation sites (tertiary alicyclic amines) is 1. The Kier molecular flexibility index (Phi) is 8.18. The molecule has 1 atom stereocenters. The van der Waals surface area contributed by atoms with Crippen LogP contribution in [0.2, 0.25) is 0 Å². The second-order valence-electron chi connectivity index (χ2n) is 7.75. The molecule has 1 fully saturated rings. The number of ether oxygens (including phenoxy) is 1. The fourth-order valence-corrected chi connectivity index (χ4v) is 4.53. The first-order valence-electron chi connectivity index (χ1n) is 9.85. The van der Waals surface area contributed by atoms with E-state index in [-0.39, 0.29) is 41.2 Å². The largest absolute Gasteiger partial charge is 0.383 e. The molecule has 0 aliphatic carbocycles. The summed E-state index contributed by atoms with van der Waals surface area (Å²) in [6, 6.07) is 5.72. The molecule has 0 aromatic heterocycles. The van der Waals surface area contributed by atoms with E-state index in [0.717, 1.165) is 0 Å².